The number of nitrogens with zero attached hydrogens (tertiary/aromatic N) is 3. The summed E-state index contributed by atoms with van der Waals surface area (Å²) in [6.07, 6.45) is 4.77. The Hall–Kier alpha value is -1.94. The average molecular weight is 284 g/mol. The van der Waals surface area contributed by atoms with Gasteiger partial charge in [0.15, 0.2) is 0 Å². The maximum atomic E-state index is 4.41. The minimum atomic E-state index is 0.854. The van der Waals surface area contributed by atoms with E-state index >= 15 is 0 Å². The SMILES string of the molecule is CCNCc1cnc(C)cc1N(C)CCc1ccccn1. The Morgan fingerprint density at radius 3 is 2.81 bits per heavy atom. The fourth-order valence-electron chi connectivity index (χ4n) is 2.27. The van der Waals surface area contributed by atoms with Crippen LogP contribution < -0.4 is 10.2 Å². The Kier molecular flexibility index (Phi) is 5.69. The maximum Gasteiger partial charge on any atom is 0.0443 e. The van der Waals surface area contributed by atoms with Gasteiger partial charge in [0.25, 0.3) is 0 Å². The van der Waals surface area contributed by atoms with E-state index in [2.05, 4.69) is 46.3 Å². The first-order valence-electron chi connectivity index (χ1n) is 7.48. The number of nitrogens with one attached hydrogen (secondary N) is 1. The van der Waals surface area contributed by atoms with Gasteiger partial charge in [-0.15, -0.1) is 0 Å². The van der Waals surface area contributed by atoms with Crippen LogP contribution in [-0.4, -0.2) is 30.1 Å². The highest BCUT2D eigenvalue weighted by Gasteiger charge is 2.09. The molecule has 0 radical (unpaired) electrons. The van der Waals surface area contributed by atoms with Crippen LogP contribution in [0.25, 0.3) is 0 Å². The van der Waals surface area contributed by atoms with Crippen LogP contribution in [0.5, 0.6) is 0 Å². The van der Waals surface area contributed by atoms with Crippen molar-refractivity contribution in [2.24, 2.45) is 0 Å². The molecule has 0 aromatic carbocycles. The van der Waals surface area contributed by atoms with E-state index in [1.807, 2.05) is 31.5 Å². The highest BCUT2D eigenvalue weighted by atomic mass is 15.1. The van der Waals surface area contributed by atoms with Crippen molar-refractivity contribution in [2.45, 2.75) is 26.8 Å². The van der Waals surface area contributed by atoms with Crippen LogP contribution in [0.4, 0.5) is 5.69 Å². The van der Waals surface area contributed by atoms with Crippen LogP contribution in [-0.2, 0) is 13.0 Å². The normalized spacial score (nSPS) is 10.6. The average Bonchev–Trinajstić information content (AvgIpc) is 2.52. The molecule has 21 heavy (non-hydrogen) atoms. The Labute approximate surface area is 127 Å². The van der Waals surface area contributed by atoms with Crippen molar-refractivity contribution in [1.29, 1.82) is 0 Å². The van der Waals surface area contributed by atoms with Crippen molar-refractivity contribution in [3.8, 4) is 0 Å². The molecule has 0 atom stereocenters. The number of rotatable bonds is 7. The third-order valence-electron chi connectivity index (χ3n) is 3.50. The fraction of sp³-hybridized carbons (Fsp3) is 0.412. The Bertz CT molecular complexity index is 554. The van der Waals surface area contributed by atoms with Gasteiger partial charge in [0.1, 0.15) is 0 Å². The van der Waals surface area contributed by atoms with E-state index in [4.69, 9.17) is 0 Å². The highest BCUT2D eigenvalue weighted by Crippen LogP contribution is 2.20. The van der Waals surface area contributed by atoms with Gasteiger partial charge in [0.05, 0.1) is 0 Å². The predicted molar refractivity (Wildman–Crippen MR) is 87.6 cm³/mol. The Morgan fingerprint density at radius 2 is 2.10 bits per heavy atom. The molecule has 0 fully saturated rings. The third-order valence-corrected chi connectivity index (χ3v) is 3.50. The largest absolute Gasteiger partial charge is 0.374 e. The van der Waals surface area contributed by atoms with E-state index in [1.54, 1.807) is 0 Å². The number of hydrogen-bond donors (Lipinski definition) is 1. The minimum Gasteiger partial charge on any atom is -0.374 e. The molecule has 2 heterocycles. The summed E-state index contributed by atoms with van der Waals surface area (Å²) in [5.74, 6) is 0. The van der Waals surface area contributed by atoms with Crippen LogP contribution in [0.15, 0.2) is 36.7 Å². The lowest BCUT2D eigenvalue weighted by Crippen LogP contribution is -2.24. The zero-order valence-corrected chi connectivity index (χ0v) is 13.1. The molecule has 2 aromatic heterocycles. The van der Waals surface area contributed by atoms with Gasteiger partial charge < -0.3 is 10.2 Å². The second-order valence-electron chi connectivity index (χ2n) is 5.23. The van der Waals surface area contributed by atoms with Gasteiger partial charge in [-0.25, -0.2) is 0 Å². The summed E-state index contributed by atoms with van der Waals surface area (Å²) in [6, 6.07) is 8.22. The Balaban J connectivity index is 2.06. The molecule has 2 aromatic rings. The number of anilines is 1. The summed E-state index contributed by atoms with van der Waals surface area (Å²) in [5, 5.41) is 3.37. The van der Waals surface area contributed by atoms with Gasteiger partial charge >= 0.3 is 0 Å². The first-order valence-corrected chi connectivity index (χ1v) is 7.48. The van der Waals surface area contributed by atoms with E-state index in [0.29, 0.717) is 0 Å². The van der Waals surface area contributed by atoms with Crippen molar-refractivity contribution >= 4 is 5.69 Å². The minimum absolute atomic E-state index is 0.854. The fourth-order valence-corrected chi connectivity index (χ4v) is 2.27. The number of likely N-dealkylation sites (N-methyl/N-ethyl adjacent to an activating group) is 1. The zero-order chi connectivity index (χ0) is 15.1. The van der Waals surface area contributed by atoms with Crippen LogP contribution in [0, 0.1) is 6.92 Å². The van der Waals surface area contributed by atoms with Gasteiger partial charge in [-0.3, -0.25) is 9.97 Å². The van der Waals surface area contributed by atoms with Crippen LogP contribution in [0.2, 0.25) is 0 Å². The predicted octanol–water partition coefficient (Wildman–Crippen LogP) is 2.57. The standard InChI is InChI=1S/C17H24N4/c1-4-18-12-15-13-20-14(2)11-17(15)21(3)10-8-16-7-5-6-9-19-16/h5-7,9,11,13,18H,4,8,10,12H2,1-3H3. The molecule has 0 aliphatic rings. The summed E-state index contributed by atoms with van der Waals surface area (Å²) in [5.41, 5.74) is 4.67. The summed E-state index contributed by atoms with van der Waals surface area (Å²) < 4.78 is 0. The third kappa shape index (κ3) is 4.53. The van der Waals surface area contributed by atoms with E-state index in [9.17, 15) is 0 Å². The topological polar surface area (TPSA) is 41.1 Å². The second-order valence-corrected chi connectivity index (χ2v) is 5.23. The highest BCUT2D eigenvalue weighted by molar-refractivity contribution is 5.53. The molecule has 0 aliphatic carbocycles. The molecule has 0 saturated carbocycles. The van der Waals surface area contributed by atoms with Gasteiger partial charge in [0.2, 0.25) is 0 Å². The van der Waals surface area contributed by atoms with Gasteiger partial charge in [0, 0.05) is 61.6 Å². The lowest BCUT2D eigenvalue weighted by molar-refractivity contribution is 0.719. The number of pyridine rings is 2. The first-order chi connectivity index (χ1) is 10.2. The second kappa shape index (κ2) is 7.74. The van der Waals surface area contributed by atoms with E-state index in [-0.39, 0.29) is 0 Å². The summed E-state index contributed by atoms with van der Waals surface area (Å²) in [4.78, 5) is 11.1. The monoisotopic (exact) mass is 284 g/mol. The molecule has 0 amide bonds. The molecule has 0 saturated heterocycles. The van der Waals surface area contributed by atoms with Crippen molar-refractivity contribution in [2.75, 3.05) is 25.0 Å². The molecule has 1 N–H and O–H groups in total. The molecule has 4 nitrogen and oxygen atoms in total. The molecule has 112 valence electrons. The maximum absolute atomic E-state index is 4.41. The molecule has 0 bridgehead atoms. The molecular formula is C17H24N4. The quantitative estimate of drug-likeness (QED) is 0.848. The van der Waals surface area contributed by atoms with Crippen molar-refractivity contribution in [1.82, 2.24) is 15.3 Å². The number of aromatic nitrogens is 2. The van der Waals surface area contributed by atoms with Crippen LogP contribution >= 0.6 is 0 Å². The van der Waals surface area contributed by atoms with Crippen molar-refractivity contribution in [3.63, 3.8) is 0 Å². The zero-order valence-electron chi connectivity index (χ0n) is 13.1. The Morgan fingerprint density at radius 1 is 1.24 bits per heavy atom. The molecule has 2 rings (SSSR count). The number of hydrogen-bond acceptors (Lipinski definition) is 4. The van der Waals surface area contributed by atoms with E-state index in [1.165, 1.54) is 11.3 Å². The van der Waals surface area contributed by atoms with Gasteiger partial charge in [-0.1, -0.05) is 13.0 Å². The van der Waals surface area contributed by atoms with Crippen molar-refractivity contribution < 1.29 is 0 Å². The van der Waals surface area contributed by atoms with Crippen molar-refractivity contribution in [3.05, 3.63) is 53.6 Å². The lowest BCUT2D eigenvalue weighted by atomic mass is 10.1. The summed E-state index contributed by atoms with van der Waals surface area (Å²) in [7, 11) is 2.13. The summed E-state index contributed by atoms with van der Waals surface area (Å²) >= 11 is 0. The van der Waals surface area contributed by atoms with E-state index in [0.717, 1.165) is 37.4 Å². The molecule has 0 aliphatic heterocycles. The molecule has 4 heteroatoms. The van der Waals surface area contributed by atoms with Gasteiger partial charge in [-0.05, 0) is 31.7 Å². The smallest absolute Gasteiger partial charge is 0.0443 e. The summed E-state index contributed by atoms with van der Waals surface area (Å²) in [6.45, 7) is 6.91. The lowest BCUT2D eigenvalue weighted by Gasteiger charge is -2.23. The molecular weight excluding hydrogens is 260 g/mol. The number of aryl methyl sites for hydroxylation is 1. The molecule has 0 unspecified atom stereocenters. The first kappa shape index (κ1) is 15.4. The van der Waals surface area contributed by atoms with Crippen LogP contribution in [0.1, 0.15) is 23.9 Å². The van der Waals surface area contributed by atoms with E-state index < -0.39 is 0 Å². The molecule has 0 spiro atoms. The van der Waals surface area contributed by atoms with Gasteiger partial charge in [-0.2, -0.15) is 0 Å². The van der Waals surface area contributed by atoms with Crippen LogP contribution in [0.3, 0.4) is 0 Å².